The van der Waals surface area contributed by atoms with Crippen LogP contribution in [0.25, 0.3) is 16.8 Å². The van der Waals surface area contributed by atoms with Crippen molar-refractivity contribution >= 4 is 29.0 Å². The SMILES string of the molecule is Cc1cc(C)nc(N2CCN(c3cc(C)nc4c(-c5ccc(Cl)cc5)c(C(F)(F)F)nn34)CC2)n1. The summed E-state index contributed by atoms with van der Waals surface area (Å²) < 4.78 is 43.5. The molecule has 1 saturated heterocycles. The third-order valence-electron chi connectivity index (χ3n) is 5.96. The van der Waals surface area contributed by atoms with Gasteiger partial charge in [-0.3, -0.25) is 0 Å². The number of aromatic nitrogens is 5. The first kappa shape index (κ1) is 23.3. The van der Waals surface area contributed by atoms with Gasteiger partial charge in [0.2, 0.25) is 5.95 Å². The highest BCUT2D eigenvalue weighted by Crippen LogP contribution is 2.40. The maximum Gasteiger partial charge on any atom is 0.435 e. The molecule has 182 valence electrons. The van der Waals surface area contributed by atoms with Crippen LogP contribution < -0.4 is 9.80 Å². The van der Waals surface area contributed by atoms with Crippen molar-refractivity contribution in [1.82, 2.24) is 24.6 Å². The number of piperazine rings is 1. The molecule has 0 saturated carbocycles. The molecule has 4 aromatic rings. The zero-order valence-corrected chi connectivity index (χ0v) is 20.2. The second-order valence-corrected chi connectivity index (χ2v) is 9.08. The Balaban J connectivity index is 1.55. The van der Waals surface area contributed by atoms with Gasteiger partial charge in [0.05, 0.1) is 5.56 Å². The van der Waals surface area contributed by atoms with E-state index in [1.165, 1.54) is 4.52 Å². The molecule has 0 radical (unpaired) electrons. The van der Waals surface area contributed by atoms with E-state index in [4.69, 9.17) is 11.6 Å². The summed E-state index contributed by atoms with van der Waals surface area (Å²) in [5.74, 6) is 1.24. The van der Waals surface area contributed by atoms with Crippen molar-refractivity contribution in [2.24, 2.45) is 0 Å². The highest BCUT2D eigenvalue weighted by atomic mass is 35.5. The lowest BCUT2D eigenvalue weighted by atomic mass is 10.1. The summed E-state index contributed by atoms with van der Waals surface area (Å²) >= 11 is 5.97. The Labute approximate surface area is 205 Å². The average molecular weight is 502 g/mol. The Morgan fingerprint density at radius 1 is 0.800 bits per heavy atom. The van der Waals surface area contributed by atoms with Gasteiger partial charge in [-0.1, -0.05) is 23.7 Å². The van der Waals surface area contributed by atoms with Gasteiger partial charge < -0.3 is 9.80 Å². The largest absolute Gasteiger partial charge is 0.435 e. The minimum absolute atomic E-state index is 0.0543. The second kappa shape index (κ2) is 8.67. The van der Waals surface area contributed by atoms with Crippen LogP contribution >= 0.6 is 11.6 Å². The summed E-state index contributed by atoms with van der Waals surface area (Å²) in [5, 5.41) is 4.45. The standard InChI is InChI=1S/C24H23ClF3N7/c1-14-12-15(2)31-23(30-14)34-10-8-33(9-11-34)19-13-16(3)29-22-20(17-4-6-18(25)7-5-17)21(24(26,27)28)32-35(19)22/h4-7,12-13H,8-11H2,1-3H3. The van der Waals surface area contributed by atoms with E-state index in [0.717, 1.165) is 11.4 Å². The third-order valence-corrected chi connectivity index (χ3v) is 6.21. The lowest BCUT2D eigenvalue weighted by Crippen LogP contribution is -2.47. The van der Waals surface area contributed by atoms with Crippen LogP contribution in [0.2, 0.25) is 5.02 Å². The quantitative estimate of drug-likeness (QED) is 0.389. The number of nitrogens with zero attached hydrogens (tertiary/aromatic N) is 7. The van der Waals surface area contributed by atoms with Crippen molar-refractivity contribution in [3.63, 3.8) is 0 Å². The number of rotatable bonds is 3. The van der Waals surface area contributed by atoms with Gasteiger partial charge in [-0.25, -0.2) is 15.0 Å². The summed E-state index contributed by atoms with van der Waals surface area (Å²) in [6, 6.07) is 9.93. The number of anilines is 2. The summed E-state index contributed by atoms with van der Waals surface area (Å²) in [7, 11) is 0. The Morgan fingerprint density at radius 2 is 1.37 bits per heavy atom. The number of benzene rings is 1. The van der Waals surface area contributed by atoms with Crippen molar-refractivity contribution in [2.45, 2.75) is 26.9 Å². The molecule has 7 nitrogen and oxygen atoms in total. The summed E-state index contributed by atoms with van der Waals surface area (Å²) in [6.07, 6.45) is -4.65. The summed E-state index contributed by atoms with van der Waals surface area (Å²) in [5.41, 5.74) is 1.89. The summed E-state index contributed by atoms with van der Waals surface area (Å²) in [6.45, 7) is 8.04. The van der Waals surface area contributed by atoms with Crippen molar-refractivity contribution < 1.29 is 13.2 Å². The molecular weight excluding hydrogens is 479 g/mol. The molecular formula is C24H23ClF3N7. The van der Waals surface area contributed by atoms with Crippen LogP contribution in [0.4, 0.5) is 24.9 Å². The van der Waals surface area contributed by atoms with E-state index in [0.29, 0.717) is 54.2 Å². The van der Waals surface area contributed by atoms with E-state index in [9.17, 15) is 13.2 Å². The first-order valence-electron chi connectivity index (χ1n) is 11.2. The van der Waals surface area contributed by atoms with E-state index in [-0.39, 0.29) is 11.2 Å². The molecule has 3 aromatic heterocycles. The van der Waals surface area contributed by atoms with E-state index in [2.05, 4.69) is 25.0 Å². The molecule has 1 fully saturated rings. The van der Waals surface area contributed by atoms with E-state index in [1.807, 2.05) is 24.8 Å². The molecule has 4 heterocycles. The van der Waals surface area contributed by atoms with Gasteiger partial charge in [0.15, 0.2) is 11.3 Å². The first-order valence-corrected chi connectivity index (χ1v) is 11.5. The van der Waals surface area contributed by atoms with Crippen molar-refractivity contribution in [1.29, 1.82) is 0 Å². The molecule has 0 amide bonds. The van der Waals surface area contributed by atoms with Gasteiger partial charge >= 0.3 is 6.18 Å². The van der Waals surface area contributed by atoms with Gasteiger partial charge in [0.25, 0.3) is 0 Å². The van der Waals surface area contributed by atoms with E-state index >= 15 is 0 Å². The van der Waals surface area contributed by atoms with Crippen LogP contribution in [0.5, 0.6) is 0 Å². The third kappa shape index (κ3) is 4.50. The number of aryl methyl sites for hydroxylation is 3. The molecule has 1 aliphatic heterocycles. The van der Waals surface area contributed by atoms with E-state index < -0.39 is 11.9 Å². The fraction of sp³-hybridized carbons (Fsp3) is 0.333. The van der Waals surface area contributed by atoms with Crippen LogP contribution in [0, 0.1) is 20.8 Å². The van der Waals surface area contributed by atoms with Crippen molar-refractivity contribution in [3.8, 4) is 11.1 Å². The Bertz CT molecular complexity index is 1370. The molecule has 1 aliphatic rings. The fourth-order valence-corrected chi connectivity index (χ4v) is 4.54. The summed E-state index contributed by atoms with van der Waals surface area (Å²) in [4.78, 5) is 17.6. The monoisotopic (exact) mass is 501 g/mol. The van der Waals surface area contributed by atoms with E-state index in [1.54, 1.807) is 37.3 Å². The number of halogens is 4. The highest BCUT2D eigenvalue weighted by molar-refractivity contribution is 6.30. The van der Waals surface area contributed by atoms with Gasteiger partial charge in [-0.2, -0.15) is 22.8 Å². The minimum Gasteiger partial charge on any atom is -0.353 e. The lowest BCUT2D eigenvalue weighted by Gasteiger charge is -2.36. The van der Waals surface area contributed by atoms with Crippen LogP contribution in [0.15, 0.2) is 36.4 Å². The molecule has 5 rings (SSSR count). The van der Waals surface area contributed by atoms with Crippen LogP contribution in [0.1, 0.15) is 22.8 Å². The van der Waals surface area contributed by atoms with Crippen molar-refractivity contribution in [3.05, 3.63) is 64.2 Å². The normalized spacial score (nSPS) is 14.7. The highest BCUT2D eigenvalue weighted by Gasteiger charge is 2.39. The molecule has 35 heavy (non-hydrogen) atoms. The number of hydrogen-bond acceptors (Lipinski definition) is 6. The van der Waals surface area contributed by atoms with Gasteiger partial charge in [0, 0.05) is 54.3 Å². The number of alkyl halides is 3. The second-order valence-electron chi connectivity index (χ2n) is 8.64. The number of fused-ring (bicyclic) bond motifs is 1. The van der Waals surface area contributed by atoms with Gasteiger partial charge in [-0.15, -0.1) is 0 Å². The molecule has 0 unspecified atom stereocenters. The predicted octanol–water partition coefficient (Wildman–Crippen LogP) is 5.11. The fourth-order valence-electron chi connectivity index (χ4n) is 4.41. The maximum absolute atomic E-state index is 14.1. The molecule has 11 heteroatoms. The Kier molecular flexibility index (Phi) is 5.79. The maximum atomic E-state index is 14.1. The van der Waals surface area contributed by atoms with Crippen molar-refractivity contribution in [2.75, 3.05) is 36.0 Å². The topological polar surface area (TPSA) is 62.5 Å². The van der Waals surface area contributed by atoms with Crippen LogP contribution in [-0.2, 0) is 6.18 Å². The Hall–Kier alpha value is -3.40. The minimum atomic E-state index is -4.65. The predicted molar refractivity (Wildman–Crippen MR) is 129 cm³/mol. The lowest BCUT2D eigenvalue weighted by molar-refractivity contribution is -0.140. The molecule has 0 atom stereocenters. The molecule has 0 aliphatic carbocycles. The Morgan fingerprint density at radius 3 is 1.97 bits per heavy atom. The molecule has 0 bridgehead atoms. The van der Waals surface area contributed by atoms with Crippen LogP contribution in [-0.4, -0.2) is 50.7 Å². The zero-order valence-electron chi connectivity index (χ0n) is 19.4. The average Bonchev–Trinajstić information content (AvgIpc) is 3.18. The molecule has 0 spiro atoms. The zero-order chi connectivity index (χ0) is 24.9. The first-order chi connectivity index (χ1) is 16.6. The molecule has 0 N–H and O–H groups in total. The van der Waals surface area contributed by atoms with Crippen LogP contribution in [0.3, 0.4) is 0 Å². The molecule has 1 aromatic carbocycles. The smallest absolute Gasteiger partial charge is 0.353 e. The van der Waals surface area contributed by atoms with Gasteiger partial charge in [0.1, 0.15) is 5.82 Å². The number of hydrogen-bond donors (Lipinski definition) is 0. The van der Waals surface area contributed by atoms with Gasteiger partial charge in [-0.05, 0) is 44.5 Å².